The SMILES string of the molecule is c1ccc(N(c2ccc3c(c2)C2(c4ccccc4-c4ccccc42)c2ccccc2-3)c2ccc3oc4ccc5c6ccccc6c6ccccc6c6ccccc6c5c4oc3c2)cc1. The molecule has 0 bridgehead atoms. The predicted molar refractivity (Wildman–Crippen MR) is 265 cm³/mol. The van der Waals surface area contributed by atoms with E-state index in [0.29, 0.717) is 22.3 Å². The van der Waals surface area contributed by atoms with Crippen molar-refractivity contribution in [3.05, 3.63) is 247 Å². The van der Waals surface area contributed by atoms with Crippen LogP contribution in [0.25, 0.3) is 87.7 Å². The van der Waals surface area contributed by atoms with Crippen LogP contribution in [0.1, 0.15) is 22.3 Å². The lowest BCUT2D eigenvalue weighted by molar-refractivity contribution is 0.584. The summed E-state index contributed by atoms with van der Waals surface area (Å²) in [5.74, 6) is 0. The van der Waals surface area contributed by atoms with Crippen molar-refractivity contribution in [1.29, 1.82) is 0 Å². The zero-order chi connectivity index (χ0) is 41.9. The molecule has 2 aliphatic rings. The van der Waals surface area contributed by atoms with Crippen LogP contribution in [0.2, 0.25) is 0 Å². The summed E-state index contributed by atoms with van der Waals surface area (Å²) in [5.41, 5.74) is 15.8. The van der Waals surface area contributed by atoms with Gasteiger partial charge in [-0.25, -0.2) is 0 Å². The van der Waals surface area contributed by atoms with E-state index in [1.165, 1.54) is 60.7 Å². The van der Waals surface area contributed by atoms with E-state index in [1.54, 1.807) is 0 Å². The number of benzene rings is 10. The van der Waals surface area contributed by atoms with E-state index in [4.69, 9.17) is 8.83 Å². The molecular weight excluding hydrogens is 779 g/mol. The Kier molecular flexibility index (Phi) is 7.32. The summed E-state index contributed by atoms with van der Waals surface area (Å²) in [5, 5.41) is 9.14. The lowest BCUT2D eigenvalue weighted by atomic mass is 9.70. The van der Waals surface area contributed by atoms with Gasteiger partial charge in [-0.2, -0.15) is 0 Å². The topological polar surface area (TPSA) is 29.5 Å². The molecule has 0 amide bonds. The number of hydrogen-bond donors (Lipinski definition) is 0. The first-order chi connectivity index (χ1) is 31.8. The normalized spacial score (nSPS) is 13.1. The maximum atomic E-state index is 7.21. The van der Waals surface area contributed by atoms with Crippen LogP contribution in [0.4, 0.5) is 17.1 Å². The molecule has 0 N–H and O–H groups in total. The van der Waals surface area contributed by atoms with E-state index in [-0.39, 0.29) is 0 Å². The summed E-state index contributed by atoms with van der Waals surface area (Å²) in [6.07, 6.45) is 0. The largest absolute Gasteiger partial charge is 0.449 e. The van der Waals surface area contributed by atoms with Crippen molar-refractivity contribution in [1.82, 2.24) is 0 Å². The Morgan fingerprint density at radius 2 is 0.719 bits per heavy atom. The Labute approximate surface area is 369 Å². The minimum absolute atomic E-state index is 0.458. The third kappa shape index (κ3) is 4.76. The fourth-order valence-electron chi connectivity index (χ4n) is 11.4. The second-order valence-corrected chi connectivity index (χ2v) is 17.1. The van der Waals surface area contributed by atoms with Gasteiger partial charge in [0.15, 0.2) is 22.3 Å². The maximum Gasteiger partial charge on any atom is 0.178 e. The summed E-state index contributed by atoms with van der Waals surface area (Å²) in [4.78, 5) is 2.35. The van der Waals surface area contributed by atoms with Crippen molar-refractivity contribution in [3.63, 3.8) is 0 Å². The van der Waals surface area contributed by atoms with E-state index >= 15 is 0 Å². The number of nitrogens with zero attached hydrogens (tertiary/aromatic N) is 1. The van der Waals surface area contributed by atoms with Gasteiger partial charge >= 0.3 is 0 Å². The molecular formula is C61H37NO2. The number of anilines is 3. The molecule has 0 atom stereocenters. The molecule has 0 aliphatic heterocycles. The molecule has 2 aliphatic carbocycles. The summed E-state index contributed by atoms with van der Waals surface area (Å²) in [7, 11) is 0. The van der Waals surface area contributed by atoms with Crippen LogP contribution in [-0.2, 0) is 5.41 Å². The molecule has 0 fully saturated rings. The molecule has 0 radical (unpaired) electrons. The number of fused-ring (bicyclic) bond motifs is 21. The Hall–Kier alpha value is -8.40. The molecule has 1 aromatic heterocycles. The molecule has 64 heavy (non-hydrogen) atoms. The third-order valence-electron chi connectivity index (χ3n) is 13.9. The lowest BCUT2D eigenvalue weighted by Gasteiger charge is -2.32. The molecule has 12 aromatic rings. The highest BCUT2D eigenvalue weighted by Gasteiger charge is 2.51. The quantitative estimate of drug-likeness (QED) is 0.166. The number of para-hydroxylation sites is 1. The molecule has 3 nitrogen and oxygen atoms in total. The first-order valence-corrected chi connectivity index (χ1v) is 22.0. The van der Waals surface area contributed by atoms with E-state index in [1.807, 2.05) is 6.07 Å². The van der Waals surface area contributed by atoms with Gasteiger partial charge in [-0.3, -0.25) is 0 Å². The van der Waals surface area contributed by atoms with Gasteiger partial charge in [0.1, 0.15) is 0 Å². The Morgan fingerprint density at radius 1 is 0.281 bits per heavy atom. The fourth-order valence-corrected chi connectivity index (χ4v) is 11.4. The summed E-state index contributed by atoms with van der Waals surface area (Å²) >= 11 is 0. The molecule has 3 heteroatoms. The smallest absolute Gasteiger partial charge is 0.178 e. The second kappa shape index (κ2) is 13.3. The van der Waals surface area contributed by atoms with E-state index in [2.05, 4.69) is 223 Å². The van der Waals surface area contributed by atoms with E-state index < -0.39 is 5.41 Å². The van der Waals surface area contributed by atoms with E-state index in [0.717, 1.165) is 44.0 Å². The first kappa shape index (κ1) is 35.2. The average Bonchev–Trinajstić information content (AvgIpc) is 3.83. The minimum atomic E-state index is -0.458. The highest BCUT2D eigenvalue weighted by molar-refractivity contribution is 6.29. The summed E-state index contributed by atoms with van der Waals surface area (Å²) < 4.78 is 14.0. The summed E-state index contributed by atoms with van der Waals surface area (Å²) in [6, 6.07) is 81.3. The van der Waals surface area contributed by atoms with Gasteiger partial charge in [-0.05, 0) is 131 Å². The highest BCUT2D eigenvalue weighted by Crippen LogP contribution is 2.63. The number of hydrogen-bond acceptors (Lipinski definition) is 3. The summed E-state index contributed by atoms with van der Waals surface area (Å²) in [6.45, 7) is 0. The standard InChI is InChI=1S/C61H37NO2/c1-2-16-38(17-3-1)62(39-30-32-49-48-25-12-15-29-54(48)61(55(49)36-39)52-27-13-10-23-46(52)47-24-11-14-28-53(47)61)40-31-34-56-58(37-40)64-60-57(63-56)35-33-51-45-22-7-6-20-43(45)41-18-4-5-19-42(41)44-21-8-9-26-50(44)59(51)60/h1-37H. The molecule has 1 spiro atoms. The molecule has 11 aromatic carbocycles. The maximum absolute atomic E-state index is 7.21. The van der Waals surface area contributed by atoms with Gasteiger partial charge in [0.25, 0.3) is 0 Å². The van der Waals surface area contributed by atoms with Gasteiger partial charge in [0.2, 0.25) is 0 Å². The predicted octanol–water partition coefficient (Wildman–Crippen LogP) is 16.7. The van der Waals surface area contributed by atoms with Gasteiger partial charge < -0.3 is 13.7 Å². The van der Waals surface area contributed by atoms with Crippen molar-refractivity contribution < 1.29 is 8.83 Å². The van der Waals surface area contributed by atoms with Crippen LogP contribution in [0, 0.1) is 0 Å². The van der Waals surface area contributed by atoms with Crippen LogP contribution in [0.15, 0.2) is 233 Å². The highest BCUT2D eigenvalue weighted by atomic mass is 16.4. The van der Waals surface area contributed by atoms with Crippen LogP contribution in [0.3, 0.4) is 0 Å². The van der Waals surface area contributed by atoms with Crippen LogP contribution < -0.4 is 4.90 Å². The average molecular weight is 816 g/mol. The minimum Gasteiger partial charge on any atom is -0.449 e. The molecule has 1 heterocycles. The molecule has 298 valence electrons. The van der Waals surface area contributed by atoms with Gasteiger partial charge in [0.05, 0.1) is 11.1 Å². The van der Waals surface area contributed by atoms with Gasteiger partial charge in [-0.1, -0.05) is 170 Å². The van der Waals surface area contributed by atoms with Crippen molar-refractivity contribution in [2.75, 3.05) is 4.90 Å². The van der Waals surface area contributed by atoms with Crippen LogP contribution in [0.5, 0.6) is 0 Å². The molecule has 0 saturated carbocycles. The molecule has 0 saturated heterocycles. The number of rotatable bonds is 3. The van der Waals surface area contributed by atoms with Crippen molar-refractivity contribution >= 4 is 82.5 Å². The van der Waals surface area contributed by atoms with E-state index in [9.17, 15) is 0 Å². The van der Waals surface area contributed by atoms with Gasteiger partial charge in [-0.15, -0.1) is 0 Å². The zero-order valence-corrected chi connectivity index (χ0v) is 34.6. The zero-order valence-electron chi connectivity index (χ0n) is 34.6. The van der Waals surface area contributed by atoms with Crippen molar-refractivity contribution in [2.24, 2.45) is 0 Å². The van der Waals surface area contributed by atoms with Crippen LogP contribution in [-0.4, -0.2) is 0 Å². The molecule has 0 unspecified atom stereocenters. The monoisotopic (exact) mass is 815 g/mol. The van der Waals surface area contributed by atoms with Crippen molar-refractivity contribution in [2.45, 2.75) is 5.41 Å². The fraction of sp³-hybridized carbons (Fsp3) is 0.0164. The Balaban J connectivity index is 1.03. The van der Waals surface area contributed by atoms with Crippen LogP contribution >= 0.6 is 0 Å². The van der Waals surface area contributed by atoms with Crippen molar-refractivity contribution in [3.8, 4) is 22.3 Å². The first-order valence-electron chi connectivity index (χ1n) is 22.0. The molecule has 14 rings (SSSR count). The lowest BCUT2D eigenvalue weighted by Crippen LogP contribution is -2.26. The van der Waals surface area contributed by atoms with Gasteiger partial charge in [0, 0.05) is 22.8 Å². The Bertz CT molecular complexity index is 3870. The second-order valence-electron chi connectivity index (χ2n) is 17.1. The Morgan fingerprint density at radius 3 is 1.31 bits per heavy atom. The third-order valence-corrected chi connectivity index (χ3v) is 13.9.